The molecule has 0 atom stereocenters. The van der Waals surface area contributed by atoms with Crippen molar-refractivity contribution >= 4 is 39.9 Å². The van der Waals surface area contributed by atoms with E-state index in [0.717, 1.165) is 28.0 Å². The summed E-state index contributed by atoms with van der Waals surface area (Å²) in [7, 11) is 1.59. The Kier molecular flexibility index (Phi) is 8.52. The van der Waals surface area contributed by atoms with E-state index < -0.39 is 0 Å². The number of H-pyrrole nitrogens is 1. The number of imidazole rings is 1. The van der Waals surface area contributed by atoms with Crippen LogP contribution in [-0.4, -0.2) is 71.0 Å². The number of benzene rings is 2. The molecule has 0 aliphatic carbocycles. The zero-order valence-electron chi connectivity index (χ0n) is 24.3. The molecule has 12 nitrogen and oxygen atoms in total. The number of rotatable bonds is 11. The molecule has 2 aromatic carbocycles. The number of anilines is 4. The minimum absolute atomic E-state index is 0.0622. The van der Waals surface area contributed by atoms with Crippen molar-refractivity contribution in [2.24, 2.45) is 0 Å². The van der Waals surface area contributed by atoms with E-state index in [1.165, 1.54) is 6.08 Å². The van der Waals surface area contributed by atoms with Crippen LogP contribution in [0, 0.1) is 0 Å². The Hall–Kier alpha value is -5.20. The molecule has 5 aromatic rings. The molecule has 44 heavy (non-hydrogen) atoms. The van der Waals surface area contributed by atoms with Crippen LogP contribution in [0.4, 0.5) is 23.0 Å². The van der Waals surface area contributed by atoms with Crippen molar-refractivity contribution in [2.75, 3.05) is 55.6 Å². The van der Waals surface area contributed by atoms with Gasteiger partial charge in [-0.3, -0.25) is 4.79 Å². The van der Waals surface area contributed by atoms with E-state index >= 15 is 0 Å². The molecular weight excluding hydrogens is 562 g/mol. The van der Waals surface area contributed by atoms with Gasteiger partial charge >= 0.3 is 0 Å². The van der Waals surface area contributed by atoms with Crippen molar-refractivity contribution in [3.63, 3.8) is 0 Å². The summed E-state index contributed by atoms with van der Waals surface area (Å²) >= 11 is 0. The molecule has 1 aliphatic rings. The summed E-state index contributed by atoms with van der Waals surface area (Å²) < 4.78 is 16.9. The Bertz CT molecular complexity index is 1790. The molecule has 0 bridgehead atoms. The van der Waals surface area contributed by atoms with Crippen molar-refractivity contribution in [1.29, 1.82) is 0 Å². The number of hydrogen-bond donors (Lipinski definition) is 4. The largest absolute Gasteiger partial charge is 0.494 e. The van der Waals surface area contributed by atoms with Gasteiger partial charge in [0.05, 0.1) is 60.7 Å². The summed E-state index contributed by atoms with van der Waals surface area (Å²) in [6.07, 6.45) is 5.70. The molecule has 1 amide bonds. The molecule has 12 heteroatoms. The Labute approximate surface area is 253 Å². The van der Waals surface area contributed by atoms with Crippen LogP contribution in [0.5, 0.6) is 5.75 Å². The number of aliphatic hydroxyl groups excluding tert-OH is 1. The molecule has 4 heterocycles. The maximum atomic E-state index is 12.3. The Morgan fingerprint density at radius 2 is 2.02 bits per heavy atom. The molecule has 6 rings (SSSR count). The van der Waals surface area contributed by atoms with Crippen LogP contribution in [0.1, 0.15) is 12.2 Å². The van der Waals surface area contributed by atoms with E-state index in [2.05, 4.69) is 32.1 Å². The van der Waals surface area contributed by atoms with Gasteiger partial charge in [0.1, 0.15) is 17.2 Å². The van der Waals surface area contributed by atoms with Gasteiger partial charge in [-0.15, -0.1) is 0 Å². The molecule has 4 N–H and O–H groups in total. The topological polar surface area (TPSA) is 151 Å². The first-order valence-electron chi connectivity index (χ1n) is 14.3. The first-order valence-corrected chi connectivity index (χ1v) is 14.3. The van der Waals surface area contributed by atoms with Crippen LogP contribution in [0.15, 0.2) is 72.0 Å². The number of nitrogens with one attached hydrogen (secondary N) is 3. The number of morpholine rings is 1. The molecular formula is C32H33N7O5. The fourth-order valence-electron chi connectivity index (χ4n) is 5.15. The maximum absolute atomic E-state index is 12.3. The molecule has 226 valence electrons. The lowest BCUT2D eigenvalue weighted by atomic mass is 10.1. The summed E-state index contributed by atoms with van der Waals surface area (Å²) in [5, 5.41) is 16.6. The second-order valence-electron chi connectivity index (χ2n) is 10.2. The molecule has 0 radical (unpaired) electrons. The number of carbonyl (C=O) groups is 1. The lowest BCUT2D eigenvalue weighted by Gasteiger charge is -2.31. The van der Waals surface area contributed by atoms with Gasteiger partial charge < -0.3 is 39.5 Å². The number of hydrogen-bond acceptors (Lipinski definition) is 10. The first-order chi connectivity index (χ1) is 21.6. The normalized spacial score (nSPS) is 13.2. The van der Waals surface area contributed by atoms with Crippen molar-refractivity contribution in [1.82, 2.24) is 19.9 Å². The highest BCUT2D eigenvalue weighted by atomic mass is 16.5. The van der Waals surface area contributed by atoms with Gasteiger partial charge in [0.15, 0.2) is 0 Å². The summed E-state index contributed by atoms with van der Waals surface area (Å²) in [5.74, 6) is 1.28. The number of furan rings is 1. The predicted molar refractivity (Wildman–Crippen MR) is 168 cm³/mol. The molecule has 0 spiro atoms. The summed E-state index contributed by atoms with van der Waals surface area (Å²) in [5.41, 5.74) is 5.63. The second-order valence-corrected chi connectivity index (χ2v) is 10.2. The number of amides is 1. The number of methoxy groups -OCH3 is 1. The van der Waals surface area contributed by atoms with Gasteiger partial charge in [0.25, 0.3) is 0 Å². The van der Waals surface area contributed by atoms with Crippen LogP contribution >= 0.6 is 0 Å². The molecule has 1 aliphatic heterocycles. The number of aliphatic hydroxyl groups is 1. The van der Waals surface area contributed by atoms with Crippen molar-refractivity contribution in [3.8, 4) is 28.4 Å². The molecule has 1 fully saturated rings. The van der Waals surface area contributed by atoms with E-state index in [4.69, 9.17) is 23.9 Å². The van der Waals surface area contributed by atoms with Gasteiger partial charge in [-0.1, -0.05) is 18.7 Å². The summed E-state index contributed by atoms with van der Waals surface area (Å²) in [4.78, 5) is 32.0. The number of ether oxygens (including phenoxy) is 2. The van der Waals surface area contributed by atoms with Crippen molar-refractivity contribution in [2.45, 2.75) is 12.8 Å². The van der Waals surface area contributed by atoms with Gasteiger partial charge in [-0.2, -0.15) is 0 Å². The number of aromatic nitrogens is 4. The number of fused-ring (bicyclic) bond motifs is 1. The smallest absolute Gasteiger partial charge is 0.247 e. The fourth-order valence-corrected chi connectivity index (χ4v) is 5.15. The van der Waals surface area contributed by atoms with E-state index in [1.54, 1.807) is 31.7 Å². The van der Waals surface area contributed by atoms with Crippen LogP contribution in [0.2, 0.25) is 0 Å². The zero-order chi connectivity index (χ0) is 30.5. The SMILES string of the molecule is C=CC(=O)Nc1cc(Nc2nccc(-c3[nH]c(CCCO)nc3-c3ccc4ccoc4c3)n2)c(OC)cc1N1CCOCC1. The average molecular weight is 596 g/mol. The van der Waals surface area contributed by atoms with Crippen LogP contribution in [-0.2, 0) is 16.0 Å². The predicted octanol–water partition coefficient (Wildman–Crippen LogP) is 4.92. The lowest BCUT2D eigenvalue weighted by molar-refractivity contribution is -0.111. The van der Waals surface area contributed by atoms with Gasteiger partial charge in [-0.05, 0) is 36.8 Å². The van der Waals surface area contributed by atoms with Crippen molar-refractivity contribution < 1.29 is 23.8 Å². The van der Waals surface area contributed by atoms with Crippen LogP contribution in [0.25, 0.3) is 33.6 Å². The second kappa shape index (κ2) is 13.0. The Morgan fingerprint density at radius 3 is 2.82 bits per heavy atom. The molecule has 1 saturated heterocycles. The van der Waals surface area contributed by atoms with E-state index in [1.807, 2.05) is 30.3 Å². The number of carbonyl (C=O) groups excluding carboxylic acids is 1. The van der Waals surface area contributed by atoms with Gasteiger partial charge in [0.2, 0.25) is 11.9 Å². The lowest BCUT2D eigenvalue weighted by Crippen LogP contribution is -2.36. The third-order valence-corrected chi connectivity index (χ3v) is 7.33. The molecule has 3 aromatic heterocycles. The zero-order valence-corrected chi connectivity index (χ0v) is 24.3. The van der Waals surface area contributed by atoms with Gasteiger partial charge in [0, 0.05) is 49.3 Å². The maximum Gasteiger partial charge on any atom is 0.247 e. The monoisotopic (exact) mass is 595 g/mol. The van der Waals surface area contributed by atoms with E-state index in [9.17, 15) is 9.90 Å². The highest BCUT2D eigenvalue weighted by Gasteiger charge is 2.21. The molecule has 0 saturated carbocycles. The standard InChI is InChI=1S/C32H33N7O5/c1-3-29(41)34-23-18-24(27(42-2)19-25(23)39-11-15-43-16-12-39)36-32-33-10-8-22(35-32)31-30(37-28(38-31)5-4-13-40)21-7-6-20-9-14-44-26(20)17-21/h3,6-10,14,17-19,40H,1,4-5,11-13,15-16H2,2H3,(H,34,41)(H,37,38)(H,33,35,36). The quantitative estimate of drug-likeness (QED) is 0.155. The van der Waals surface area contributed by atoms with E-state index in [0.29, 0.717) is 79.3 Å². The van der Waals surface area contributed by atoms with E-state index in [-0.39, 0.29) is 12.5 Å². The fraction of sp³-hybridized carbons (Fsp3) is 0.250. The Morgan fingerprint density at radius 1 is 1.16 bits per heavy atom. The number of aromatic amines is 1. The third-order valence-electron chi connectivity index (χ3n) is 7.33. The summed E-state index contributed by atoms with van der Waals surface area (Å²) in [6.45, 7) is 6.18. The minimum atomic E-state index is -0.328. The highest BCUT2D eigenvalue weighted by molar-refractivity contribution is 6.02. The number of nitrogens with zero attached hydrogens (tertiary/aromatic N) is 4. The van der Waals surface area contributed by atoms with Gasteiger partial charge in [-0.25, -0.2) is 15.0 Å². The average Bonchev–Trinajstić information content (AvgIpc) is 3.71. The summed E-state index contributed by atoms with van der Waals surface area (Å²) in [6, 6.07) is 13.3. The third kappa shape index (κ3) is 6.12. The van der Waals surface area contributed by atoms with Crippen LogP contribution in [0.3, 0.4) is 0 Å². The minimum Gasteiger partial charge on any atom is -0.494 e. The van der Waals surface area contributed by atoms with Crippen LogP contribution < -0.4 is 20.3 Å². The Balaban J connectivity index is 1.37. The number of aryl methyl sites for hydroxylation is 1. The first kappa shape index (κ1) is 28.9. The van der Waals surface area contributed by atoms with Crippen molar-refractivity contribution in [3.05, 3.63) is 73.4 Å². The highest BCUT2D eigenvalue weighted by Crippen LogP contribution is 2.39. The molecule has 0 unspecified atom stereocenters.